The number of methoxy groups -OCH3 is 2. The molecule has 48 heavy (non-hydrogen) atoms. The molecule has 2 N–H and O–H groups in total. The van der Waals surface area contributed by atoms with Crippen molar-refractivity contribution in [2.75, 3.05) is 33.2 Å². The lowest BCUT2D eigenvalue weighted by atomic mass is 9.95. The van der Waals surface area contributed by atoms with Crippen molar-refractivity contribution in [3.05, 3.63) is 118 Å². The molecule has 3 aromatic carbocycles. The molecule has 0 saturated carbocycles. The van der Waals surface area contributed by atoms with Gasteiger partial charge in [0.25, 0.3) is 0 Å². The minimum absolute atomic E-state index is 0.000887. The lowest BCUT2D eigenvalue weighted by molar-refractivity contribution is -0.0178. The van der Waals surface area contributed by atoms with Gasteiger partial charge in [0.15, 0.2) is 22.7 Å². The number of pyridine rings is 2. The van der Waals surface area contributed by atoms with Gasteiger partial charge in [-0.05, 0) is 47.4 Å². The molecule has 0 bridgehead atoms. The molecule has 8 nitrogen and oxygen atoms in total. The number of hydrogen-bond donors (Lipinski definition) is 1. The van der Waals surface area contributed by atoms with Crippen molar-refractivity contribution in [1.29, 1.82) is 0 Å². The highest BCUT2D eigenvalue weighted by Gasteiger charge is 2.33. The summed E-state index contributed by atoms with van der Waals surface area (Å²) in [5.41, 5.74) is 10.6. The maximum absolute atomic E-state index is 15.7. The molecule has 1 aliphatic heterocycles. The van der Waals surface area contributed by atoms with E-state index in [1.807, 2.05) is 79.7 Å². The van der Waals surface area contributed by atoms with Crippen LogP contribution in [0.1, 0.15) is 34.3 Å². The lowest BCUT2D eigenvalue weighted by Crippen LogP contribution is -2.36. The van der Waals surface area contributed by atoms with Crippen LogP contribution in [0.5, 0.6) is 11.5 Å². The van der Waals surface area contributed by atoms with Gasteiger partial charge in [-0.2, -0.15) is 0 Å². The van der Waals surface area contributed by atoms with Crippen LogP contribution < -0.4 is 20.6 Å². The average molecular weight is 648 g/mol. The van der Waals surface area contributed by atoms with E-state index in [9.17, 15) is 9.59 Å². The van der Waals surface area contributed by atoms with Crippen molar-refractivity contribution >= 4 is 11.6 Å². The van der Waals surface area contributed by atoms with Crippen molar-refractivity contribution in [3.8, 4) is 44.9 Å². The average Bonchev–Trinajstić information content (AvgIpc) is 3.10. The van der Waals surface area contributed by atoms with Crippen molar-refractivity contribution in [1.82, 2.24) is 9.55 Å². The molecule has 0 atom stereocenters. The summed E-state index contributed by atoms with van der Waals surface area (Å²) in [6, 6.07) is 22.6. The minimum Gasteiger partial charge on any atom is -0.493 e. The number of carbonyl (C=O) groups excluding carboxylic acids is 1. The molecule has 1 aliphatic rings. The van der Waals surface area contributed by atoms with E-state index in [2.05, 4.69) is 4.98 Å². The van der Waals surface area contributed by atoms with E-state index in [-0.39, 0.29) is 42.6 Å². The third kappa shape index (κ3) is 7.01. The van der Waals surface area contributed by atoms with E-state index < -0.39 is 5.67 Å². The van der Waals surface area contributed by atoms with Crippen molar-refractivity contribution in [2.45, 2.75) is 38.4 Å². The molecule has 0 aliphatic carbocycles. The van der Waals surface area contributed by atoms with Gasteiger partial charge in [0.1, 0.15) is 11.5 Å². The van der Waals surface area contributed by atoms with Gasteiger partial charge in [0.05, 0.1) is 26.3 Å². The monoisotopic (exact) mass is 647 g/mol. The number of anilines is 1. The van der Waals surface area contributed by atoms with Crippen LogP contribution >= 0.6 is 0 Å². The zero-order chi connectivity index (χ0) is 33.8. The number of aryl methyl sites for hydroxylation is 1. The van der Waals surface area contributed by atoms with Gasteiger partial charge in [0, 0.05) is 67.8 Å². The number of alkyl halides is 1. The summed E-state index contributed by atoms with van der Waals surface area (Å²) in [5.74, 6) is 1.26. The van der Waals surface area contributed by atoms with E-state index in [0.29, 0.717) is 41.7 Å². The van der Waals surface area contributed by atoms with Crippen LogP contribution in [0.4, 0.5) is 10.2 Å². The number of carbonyl (C=O) groups is 1. The zero-order valence-corrected chi connectivity index (χ0v) is 27.3. The fraction of sp³-hybridized carbons (Fsp3) is 0.256. The van der Waals surface area contributed by atoms with Gasteiger partial charge >= 0.3 is 0 Å². The van der Waals surface area contributed by atoms with Crippen molar-refractivity contribution < 1.29 is 23.4 Å². The van der Waals surface area contributed by atoms with E-state index in [0.717, 1.165) is 33.4 Å². The van der Waals surface area contributed by atoms with E-state index in [1.54, 1.807) is 31.2 Å². The van der Waals surface area contributed by atoms with Crippen LogP contribution in [0.25, 0.3) is 33.4 Å². The summed E-state index contributed by atoms with van der Waals surface area (Å²) in [4.78, 5) is 31.9. The molecule has 5 aromatic rings. The SMILES string of the molecule is COc1ccc(-c2cnc(N)c(-c3ccc(CC(=O)c4cn(CC5(F)CCOCC5)cc(-c5ccc(C)cc5)c4=O)cc3)c2)cc1OC. The Morgan fingerprint density at radius 2 is 1.52 bits per heavy atom. The molecule has 9 heteroatoms. The number of Topliss-reactive ketones (excluding diaryl/α,β-unsaturated/α-hetero) is 1. The van der Waals surface area contributed by atoms with Gasteiger partial charge < -0.3 is 24.5 Å². The number of nitrogen functional groups attached to an aromatic ring is 1. The number of hydrogen-bond acceptors (Lipinski definition) is 7. The van der Waals surface area contributed by atoms with E-state index in [1.165, 1.54) is 6.20 Å². The van der Waals surface area contributed by atoms with Gasteiger partial charge in [-0.1, -0.05) is 60.2 Å². The maximum Gasteiger partial charge on any atom is 0.200 e. The van der Waals surface area contributed by atoms with Crippen LogP contribution in [-0.4, -0.2) is 48.4 Å². The summed E-state index contributed by atoms with van der Waals surface area (Å²) in [5, 5.41) is 0. The Hall–Kier alpha value is -5.28. The molecule has 1 fully saturated rings. The molecule has 246 valence electrons. The number of nitrogens with two attached hydrogens (primary N) is 1. The second kappa shape index (κ2) is 13.8. The summed E-state index contributed by atoms with van der Waals surface area (Å²) in [6.45, 7) is 2.67. The molecular weight excluding hydrogens is 609 g/mol. The smallest absolute Gasteiger partial charge is 0.200 e. The summed E-state index contributed by atoms with van der Waals surface area (Å²) < 4.78 is 33.6. The first-order valence-electron chi connectivity index (χ1n) is 15.8. The number of ketones is 1. The number of halogens is 1. The fourth-order valence-electron chi connectivity index (χ4n) is 6.05. The number of nitrogens with zero attached hydrogens (tertiary/aromatic N) is 2. The Morgan fingerprint density at radius 3 is 2.21 bits per heavy atom. The first-order valence-corrected chi connectivity index (χ1v) is 15.8. The predicted octanol–water partition coefficient (Wildman–Crippen LogP) is 7.10. The highest BCUT2D eigenvalue weighted by Crippen LogP contribution is 2.35. The van der Waals surface area contributed by atoms with Gasteiger partial charge in [-0.3, -0.25) is 9.59 Å². The standard InChI is InChI=1S/C39H38FN3O5/c1-25-4-8-28(9-5-25)32-22-43(24-39(40)14-16-48-17-15-39)23-33(37(32)45)34(44)18-26-6-10-27(11-7-26)31-19-30(21-42-38(31)41)29-12-13-35(46-2)36(20-29)47-3/h4-13,19-23H,14-18,24H2,1-3H3,(H2,41,42). The number of ether oxygens (including phenoxy) is 3. The van der Waals surface area contributed by atoms with Crippen molar-refractivity contribution in [3.63, 3.8) is 0 Å². The topological polar surface area (TPSA) is 106 Å². The Labute approximate surface area is 278 Å². The lowest BCUT2D eigenvalue weighted by Gasteiger charge is -2.30. The second-order valence-corrected chi connectivity index (χ2v) is 12.2. The minimum atomic E-state index is -1.48. The number of rotatable bonds is 10. The van der Waals surface area contributed by atoms with Crippen LogP contribution in [0.3, 0.4) is 0 Å². The molecule has 0 unspecified atom stereocenters. The molecule has 6 rings (SSSR count). The Morgan fingerprint density at radius 1 is 0.875 bits per heavy atom. The number of benzene rings is 3. The summed E-state index contributed by atoms with van der Waals surface area (Å²) in [6.07, 6.45) is 5.37. The Bertz CT molecular complexity index is 2000. The van der Waals surface area contributed by atoms with E-state index in [4.69, 9.17) is 19.9 Å². The highest BCUT2D eigenvalue weighted by molar-refractivity contribution is 5.98. The van der Waals surface area contributed by atoms with Gasteiger partial charge in [-0.15, -0.1) is 0 Å². The largest absolute Gasteiger partial charge is 0.493 e. The van der Waals surface area contributed by atoms with Crippen molar-refractivity contribution in [2.24, 2.45) is 0 Å². The van der Waals surface area contributed by atoms with Gasteiger partial charge in [0.2, 0.25) is 0 Å². The van der Waals surface area contributed by atoms with Crippen LogP contribution in [0.15, 0.2) is 96.2 Å². The maximum atomic E-state index is 15.7. The molecule has 0 radical (unpaired) electrons. The fourth-order valence-corrected chi connectivity index (χ4v) is 6.05. The molecule has 1 saturated heterocycles. The first-order chi connectivity index (χ1) is 23.2. The molecular formula is C39H38FN3O5. The highest BCUT2D eigenvalue weighted by atomic mass is 19.1. The normalized spacial score (nSPS) is 14.0. The first kappa shape index (κ1) is 32.7. The predicted molar refractivity (Wildman–Crippen MR) is 185 cm³/mol. The third-order valence-corrected chi connectivity index (χ3v) is 8.86. The molecule has 3 heterocycles. The molecule has 2 aromatic heterocycles. The second-order valence-electron chi connectivity index (χ2n) is 12.2. The summed E-state index contributed by atoms with van der Waals surface area (Å²) >= 11 is 0. The van der Waals surface area contributed by atoms with Crippen LogP contribution in [-0.2, 0) is 17.7 Å². The third-order valence-electron chi connectivity index (χ3n) is 8.86. The van der Waals surface area contributed by atoms with Crippen LogP contribution in [0, 0.1) is 6.92 Å². The molecule has 0 amide bonds. The quantitative estimate of drug-likeness (QED) is 0.161. The zero-order valence-electron chi connectivity index (χ0n) is 27.3. The van der Waals surface area contributed by atoms with Gasteiger partial charge in [-0.25, -0.2) is 9.37 Å². The Balaban J connectivity index is 1.28. The number of aromatic nitrogens is 2. The molecule has 0 spiro atoms. The van der Waals surface area contributed by atoms with Crippen LogP contribution in [0.2, 0.25) is 0 Å². The summed E-state index contributed by atoms with van der Waals surface area (Å²) in [7, 11) is 3.17. The Kier molecular flexibility index (Phi) is 9.41. The van der Waals surface area contributed by atoms with E-state index >= 15 is 4.39 Å².